The molecule has 0 N–H and O–H groups in total. The zero-order chi connectivity index (χ0) is 23.5. The number of nitrogens with zero attached hydrogens (tertiary/aromatic N) is 5. The van der Waals surface area contributed by atoms with Gasteiger partial charge in [-0.15, -0.1) is 18.0 Å². The molecule has 0 radical (unpaired) electrons. The average Bonchev–Trinajstić information content (AvgIpc) is 2.70. The van der Waals surface area contributed by atoms with Crippen molar-refractivity contribution in [3.63, 3.8) is 0 Å². The number of rotatable bonds is 5. The van der Waals surface area contributed by atoms with E-state index in [1.54, 1.807) is 48.5 Å². The molecule has 2 rings (SSSR count). The Bertz CT molecular complexity index is 642. The van der Waals surface area contributed by atoms with Gasteiger partial charge in [-0.3, -0.25) is 4.98 Å². The first-order valence-electron chi connectivity index (χ1n) is 10.1. The topological polar surface area (TPSA) is 69.3 Å². The summed E-state index contributed by atoms with van der Waals surface area (Å²) in [7, 11) is 10.5. The predicted molar refractivity (Wildman–Crippen MR) is 137 cm³/mol. The SMILES string of the molecule is C=C([N-]c1c(C(C)C)cccc1C(C)C)c1ccccn1.C[N-]C.C[N-]C.C[N-]C.[Zr+4]. The maximum absolute atomic E-state index is 4.81. The van der Waals surface area contributed by atoms with E-state index >= 15 is 0 Å². The van der Waals surface area contributed by atoms with Gasteiger partial charge in [-0.2, -0.15) is 42.3 Å². The van der Waals surface area contributed by atoms with Crippen molar-refractivity contribution in [2.24, 2.45) is 0 Å². The largest absolute Gasteiger partial charge is 4.00 e. The van der Waals surface area contributed by atoms with Crippen LogP contribution in [0.15, 0.2) is 49.2 Å². The van der Waals surface area contributed by atoms with Crippen LogP contribution >= 0.6 is 0 Å². The van der Waals surface area contributed by atoms with Gasteiger partial charge in [-0.1, -0.05) is 63.1 Å². The summed E-state index contributed by atoms with van der Waals surface area (Å²) in [6, 6.07) is 12.2. The summed E-state index contributed by atoms with van der Waals surface area (Å²) >= 11 is 0. The van der Waals surface area contributed by atoms with Crippen LogP contribution in [0.5, 0.6) is 0 Å². The first-order valence-corrected chi connectivity index (χ1v) is 10.1. The molecule has 170 valence electrons. The molecule has 0 aliphatic rings. The number of hydrogen-bond acceptors (Lipinski definition) is 1. The molecule has 0 saturated heterocycles. The zero-order valence-corrected chi connectivity index (χ0v) is 23.6. The summed E-state index contributed by atoms with van der Waals surface area (Å²) in [4.78, 5) is 4.33. The van der Waals surface area contributed by atoms with Crippen molar-refractivity contribution >= 4 is 11.4 Å². The predicted octanol–water partition coefficient (Wildman–Crippen LogP) is 7.86. The van der Waals surface area contributed by atoms with Crippen LogP contribution in [0.1, 0.15) is 56.4 Å². The molecule has 0 amide bonds. The Morgan fingerprint density at radius 3 is 1.48 bits per heavy atom. The standard InChI is InChI=1S/C19H23N2.3C2H6N.Zr/c1-13(2)16-9-8-10-17(14(3)4)19(16)21-15(5)18-11-6-7-12-20-18;3*1-3-2;/h6-14H,5H2,1-4H3;3*1-2H3;/q4*-1;+4. The van der Waals surface area contributed by atoms with E-state index in [1.807, 2.05) is 18.2 Å². The molecule has 0 unspecified atom stereocenters. The quantitative estimate of drug-likeness (QED) is 0.410. The summed E-state index contributed by atoms with van der Waals surface area (Å²) in [5, 5.41) is 15.3. The van der Waals surface area contributed by atoms with Gasteiger partial charge in [-0.05, 0) is 24.0 Å². The number of para-hydroxylation sites is 1. The van der Waals surface area contributed by atoms with Crippen LogP contribution in [0.2, 0.25) is 0 Å². The van der Waals surface area contributed by atoms with Crippen molar-refractivity contribution in [1.82, 2.24) is 4.98 Å². The van der Waals surface area contributed by atoms with Crippen LogP contribution in [0, 0.1) is 0 Å². The molecule has 0 spiro atoms. The summed E-state index contributed by atoms with van der Waals surface area (Å²) < 4.78 is 0. The maximum Gasteiger partial charge on any atom is 4.00 e. The summed E-state index contributed by atoms with van der Waals surface area (Å²) in [5.41, 5.74) is 5.12. The van der Waals surface area contributed by atoms with Gasteiger partial charge in [0.1, 0.15) is 0 Å². The minimum atomic E-state index is 0. The summed E-state index contributed by atoms with van der Waals surface area (Å²) in [5.74, 6) is 0.859. The molecule has 0 saturated carbocycles. The van der Waals surface area contributed by atoms with Gasteiger partial charge >= 0.3 is 26.2 Å². The van der Waals surface area contributed by atoms with Crippen molar-refractivity contribution < 1.29 is 26.2 Å². The molecule has 1 aromatic carbocycles. The molecule has 0 fully saturated rings. The van der Waals surface area contributed by atoms with Crippen molar-refractivity contribution in [2.45, 2.75) is 39.5 Å². The smallest absolute Gasteiger partial charge is 0.668 e. The zero-order valence-electron chi connectivity index (χ0n) is 21.1. The Balaban J connectivity index is -0.000000676. The van der Waals surface area contributed by atoms with Crippen LogP contribution in [0.25, 0.3) is 27.0 Å². The van der Waals surface area contributed by atoms with Gasteiger partial charge < -0.3 is 21.3 Å². The second-order valence-electron chi connectivity index (χ2n) is 7.21. The van der Waals surface area contributed by atoms with Crippen LogP contribution in [-0.2, 0) is 26.2 Å². The molecule has 31 heavy (non-hydrogen) atoms. The molecule has 1 aromatic heterocycles. The van der Waals surface area contributed by atoms with Crippen molar-refractivity contribution in [2.75, 3.05) is 42.3 Å². The van der Waals surface area contributed by atoms with E-state index in [4.69, 9.17) is 5.32 Å². The van der Waals surface area contributed by atoms with Gasteiger partial charge in [-0.25, -0.2) is 0 Å². The van der Waals surface area contributed by atoms with E-state index in [0.717, 1.165) is 11.4 Å². The van der Waals surface area contributed by atoms with Gasteiger partial charge in [0.15, 0.2) is 0 Å². The minimum absolute atomic E-state index is 0. The molecule has 0 bridgehead atoms. The molecule has 0 atom stereocenters. The van der Waals surface area contributed by atoms with Gasteiger partial charge in [0.25, 0.3) is 0 Å². The Morgan fingerprint density at radius 1 is 0.742 bits per heavy atom. The van der Waals surface area contributed by atoms with Crippen molar-refractivity contribution in [3.8, 4) is 0 Å². The molecular weight excluding hydrogens is 462 g/mol. The fourth-order valence-corrected chi connectivity index (χ4v) is 2.37. The number of aromatic nitrogens is 1. The molecule has 6 heteroatoms. The summed E-state index contributed by atoms with van der Waals surface area (Å²) in [6.07, 6.45) is 1.77. The third-order valence-corrected chi connectivity index (χ3v) is 3.55. The number of hydrogen-bond donors (Lipinski definition) is 0. The van der Waals surface area contributed by atoms with E-state index < -0.39 is 0 Å². The monoisotopic (exact) mass is 501 g/mol. The van der Waals surface area contributed by atoms with Crippen LogP contribution < -0.4 is 0 Å². The first-order chi connectivity index (χ1) is 14.2. The second kappa shape index (κ2) is 21.9. The first kappa shape index (κ1) is 34.3. The number of benzene rings is 1. The third-order valence-electron chi connectivity index (χ3n) is 3.55. The van der Waals surface area contributed by atoms with E-state index in [9.17, 15) is 0 Å². The van der Waals surface area contributed by atoms with Gasteiger partial charge in [0.05, 0.1) is 0 Å². The van der Waals surface area contributed by atoms with Gasteiger partial charge in [0.2, 0.25) is 0 Å². The average molecular weight is 503 g/mol. The Morgan fingerprint density at radius 2 is 1.16 bits per heavy atom. The maximum atomic E-state index is 4.81. The van der Waals surface area contributed by atoms with Crippen molar-refractivity contribution in [1.29, 1.82) is 0 Å². The second-order valence-corrected chi connectivity index (χ2v) is 7.21. The van der Waals surface area contributed by atoms with Crippen molar-refractivity contribution in [3.05, 3.63) is 87.3 Å². The molecule has 1 heterocycles. The Kier molecular flexibility index (Phi) is 24.2. The molecule has 5 nitrogen and oxygen atoms in total. The van der Waals surface area contributed by atoms with E-state index in [0.29, 0.717) is 17.5 Å². The molecular formula is C25H41N5Zr. The fraction of sp³-hybridized carbons (Fsp3) is 0.480. The van der Waals surface area contributed by atoms with Crippen LogP contribution in [0.4, 0.5) is 5.69 Å². The fourth-order valence-electron chi connectivity index (χ4n) is 2.37. The van der Waals surface area contributed by atoms with Crippen LogP contribution in [0.3, 0.4) is 0 Å². The van der Waals surface area contributed by atoms with E-state index in [-0.39, 0.29) is 26.2 Å². The molecule has 0 aliphatic heterocycles. The molecule has 0 aliphatic carbocycles. The summed E-state index contributed by atoms with van der Waals surface area (Å²) in [6.45, 7) is 12.9. The molecule has 2 aromatic rings. The van der Waals surface area contributed by atoms with E-state index in [2.05, 4.69) is 73.4 Å². The van der Waals surface area contributed by atoms with E-state index in [1.165, 1.54) is 11.1 Å². The third kappa shape index (κ3) is 15.2. The van der Waals surface area contributed by atoms with Gasteiger partial charge in [0, 0.05) is 11.9 Å². The van der Waals surface area contributed by atoms with Crippen LogP contribution in [-0.4, -0.2) is 47.3 Å². The number of pyridine rings is 1. The minimum Gasteiger partial charge on any atom is -0.668 e. The Hall–Kier alpha value is -1.33. The Labute approximate surface area is 211 Å². The normalized spacial score (nSPS) is 9.16.